The maximum Gasteiger partial charge on any atom is 0.416 e. The van der Waals surface area contributed by atoms with E-state index in [1.54, 1.807) is 0 Å². The lowest BCUT2D eigenvalue weighted by atomic mass is 9.79. The summed E-state index contributed by atoms with van der Waals surface area (Å²) < 4.78 is 84.4. The lowest BCUT2D eigenvalue weighted by Gasteiger charge is -2.31. The first kappa shape index (κ1) is 21.4. The van der Waals surface area contributed by atoms with Gasteiger partial charge in [-0.05, 0) is 49.1 Å². The van der Waals surface area contributed by atoms with Crippen molar-refractivity contribution >= 4 is 0 Å². The van der Waals surface area contributed by atoms with Crippen molar-refractivity contribution in [1.29, 1.82) is 0 Å². The minimum absolute atomic E-state index is 0.128. The fraction of sp³-hybridized carbons (Fsp3) is 0.364. The molecule has 0 spiro atoms. The van der Waals surface area contributed by atoms with E-state index in [1.165, 1.54) is 6.92 Å². The molecule has 0 N–H and O–H groups in total. The maximum absolute atomic E-state index is 13.1. The Kier molecular flexibility index (Phi) is 5.81. The van der Waals surface area contributed by atoms with Crippen LogP contribution in [-0.2, 0) is 22.5 Å². The van der Waals surface area contributed by atoms with Crippen LogP contribution in [0.3, 0.4) is 0 Å². The SMILES string of the molecule is CC(OCC1(c2ccccc2)CC=CC1)c1cc(C(F)(F)F)cc(C(F)(F)F)c1. The van der Waals surface area contributed by atoms with Crippen molar-refractivity contribution in [2.45, 2.75) is 43.6 Å². The van der Waals surface area contributed by atoms with Gasteiger partial charge in [0.2, 0.25) is 0 Å². The standard InChI is InChI=1S/C22H20F6O/c1-15(16-11-18(21(23,24)25)13-19(12-16)22(26,27)28)29-14-20(9-5-6-10-20)17-7-3-2-4-8-17/h2-8,11-13,15H,9-10,14H2,1H3. The molecule has 2 aromatic carbocycles. The molecular formula is C22H20F6O. The van der Waals surface area contributed by atoms with Gasteiger partial charge in [0.25, 0.3) is 0 Å². The number of ether oxygens (including phenoxy) is 1. The smallest absolute Gasteiger partial charge is 0.373 e. The zero-order chi connectivity index (χ0) is 21.3. The molecule has 1 unspecified atom stereocenters. The minimum Gasteiger partial charge on any atom is -0.373 e. The van der Waals surface area contributed by atoms with Gasteiger partial charge in [-0.3, -0.25) is 0 Å². The van der Waals surface area contributed by atoms with Crippen molar-refractivity contribution in [1.82, 2.24) is 0 Å². The molecule has 7 heteroatoms. The monoisotopic (exact) mass is 414 g/mol. The summed E-state index contributed by atoms with van der Waals surface area (Å²) in [4.78, 5) is 0. The third-order valence-corrected chi connectivity index (χ3v) is 5.26. The zero-order valence-electron chi connectivity index (χ0n) is 15.6. The molecular weight excluding hydrogens is 394 g/mol. The third kappa shape index (κ3) is 4.83. The van der Waals surface area contributed by atoms with Gasteiger partial charge in [-0.1, -0.05) is 42.5 Å². The Bertz CT molecular complexity index is 827. The van der Waals surface area contributed by atoms with E-state index < -0.39 is 29.6 Å². The Morgan fingerprint density at radius 1 is 0.862 bits per heavy atom. The maximum atomic E-state index is 13.1. The molecule has 0 saturated heterocycles. The molecule has 29 heavy (non-hydrogen) atoms. The first-order chi connectivity index (χ1) is 13.5. The van der Waals surface area contributed by atoms with Crippen LogP contribution in [0.2, 0.25) is 0 Å². The molecule has 0 aliphatic heterocycles. The highest BCUT2D eigenvalue weighted by Crippen LogP contribution is 2.40. The van der Waals surface area contributed by atoms with E-state index in [0.29, 0.717) is 12.8 Å². The summed E-state index contributed by atoms with van der Waals surface area (Å²) >= 11 is 0. The zero-order valence-corrected chi connectivity index (χ0v) is 15.6. The van der Waals surface area contributed by atoms with Crippen LogP contribution in [0.15, 0.2) is 60.7 Å². The van der Waals surface area contributed by atoms with Crippen LogP contribution in [0.5, 0.6) is 0 Å². The molecule has 0 amide bonds. The molecule has 0 heterocycles. The first-order valence-corrected chi connectivity index (χ1v) is 9.13. The normalized spacial score (nSPS) is 17.5. The van der Waals surface area contributed by atoms with Crippen LogP contribution < -0.4 is 0 Å². The lowest BCUT2D eigenvalue weighted by molar-refractivity contribution is -0.143. The van der Waals surface area contributed by atoms with Crippen LogP contribution in [-0.4, -0.2) is 6.61 Å². The lowest BCUT2D eigenvalue weighted by Crippen LogP contribution is -2.29. The van der Waals surface area contributed by atoms with Crippen LogP contribution in [0.25, 0.3) is 0 Å². The molecule has 0 radical (unpaired) electrons. The summed E-state index contributed by atoms with van der Waals surface area (Å²) in [5, 5.41) is 0. The molecule has 0 saturated carbocycles. The first-order valence-electron chi connectivity index (χ1n) is 9.13. The van der Waals surface area contributed by atoms with Gasteiger partial charge < -0.3 is 4.74 Å². The van der Waals surface area contributed by atoms with E-state index >= 15 is 0 Å². The molecule has 1 aliphatic carbocycles. The van der Waals surface area contributed by atoms with E-state index in [0.717, 1.165) is 17.7 Å². The topological polar surface area (TPSA) is 9.23 Å². The predicted octanol–water partition coefficient (Wildman–Crippen LogP) is 7.09. The highest BCUT2D eigenvalue weighted by Gasteiger charge is 2.38. The molecule has 0 aromatic heterocycles. The van der Waals surface area contributed by atoms with Gasteiger partial charge in [-0.25, -0.2) is 0 Å². The van der Waals surface area contributed by atoms with Crippen molar-refractivity contribution in [3.05, 3.63) is 82.9 Å². The average Bonchev–Trinajstić information content (AvgIpc) is 3.15. The van der Waals surface area contributed by atoms with Crippen molar-refractivity contribution in [3.8, 4) is 0 Å². The Morgan fingerprint density at radius 2 is 1.38 bits per heavy atom. The van der Waals surface area contributed by atoms with Gasteiger partial charge >= 0.3 is 12.4 Å². The van der Waals surface area contributed by atoms with Gasteiger partial charge in [0, 0.05) is 5.41 Å². The molecule has 0 fully saturated rings. The number of allylic oxidation sites excluding steroid dienone is 2. The quantitative estimate of drug-likeness (QED) is 0.375. The van der Waals surface area contributed by atoms with E-state index in [1.807, 2.05) is 42.5 Å². The summed E-state index contributed by atoms with van der Waals surface area (Å²) in [6, 6.07) is 11.1. The summed E-state index contributed by atoms with van der Waals surface area (Å²) in [7, 11) is 0. The summed E-state index contributed by atoms with van der Waals surface area (Å²) in [5.74, 6) is 0. The summed E-state index contributed by atoms with van der Waals surface area (Å²) in [5.41, 5.74) is -2.17. The van der Waals surface area contributed by atoms with Crippen molar-refractivity contribution < 1.29 is 31.1 Å². The van der Waals surface area contributed by atoms with Crippen LogP contribution in [0, 0.1) is 0 Å². The molecule has 2 aromatic rings. The number of benzene rings is 2. The second-order valence-corrected chi connectivity index (χ2v) is 7.32. The minimum atomic E-state index is -4.88. The van der Waals surface area contributed by atoms with Crippen molar-refractivity contribution in [2.24, 2.45) is 0 Å². The van der Waals surface area contributed by atoms with E-state index in [4.69, 9.17) is 4.74 Å². The van der Waals surface area contributed by atoms with Crippen LogP contribution >= 0.6 is 0 Å². The van der Waals surface area contributed by atoms with E-state index in [9.17, 15) is 26.3 Å². The van der Waals surface area contributed by atoms with E-state index in [2.05, 4.69) is 0 Å². The van der Waals surface area contributed by atoms with Crippen molar-refractivity contribution in [2.75, 3.05) is 6.61 Å². The molecule has 156 valence electrons. The highest BCUT2D eigenvalue weighted by atomic mass is 19.4. The van der Waals surface area contributed by atoms with Crippen LogP contribution in [0.1, 0.15) is 48.1 Å². The Labute approximate surface area is 165 Å². The number of halogens is 6. The summed E-state index contributed by atoms with van der Waals surface area (Å²) in [6.45, 7) is 1.65. The Morgan fingerprint density at radius 3 is 1.86 bits per heavy atom. The number of rotatable bonds is 5. The number of hydrogen-bond acceptors (Lipinski definition) is 1. The molecule has 1 aliphatic rings. The Hall–Kier alpha value is -2.28. The second kappa shape index (κ2) is 7.86. The number of hydrogen-bond donors (Lipinski definition) is 0. The molecule has 1 atom stereocenters. The summed E-state index contributed by atoms with van der Waals surface area (Å²) in [6.07, 6.45) is -5.29. The molecule has 3 rings (SSSR count). The van der Waals surface area contributed by atoms with Gasteiger partial charge in [0.1, 0.15) is 0 Å². The fourth-order valence-electron chi connectivity index (χ4n) is 3.52. The Balaban J connectivity index is 1.86. The number of alkyl halides is 6. The van der Waals surface area contributed by atoms with Gasteiger partial charge in [0.15, 0.2) is 0 Å². The largest absolute Gasteiger partial charge is 0.416 e. The van der Waals surface area contributed by atoms with E-state index in [-0.39, 0.29) is 23.7 Å². The van der Waals surface area contributed by atoms with Crippen molar-refractivity contribution in [3.63, 3.8) is 0 Å². The fourth-order valence-corrected chi connectivity index (χ4v) is 3.52. The highest BCUT2D eigenvalue weighted by molar-refractivity contribution is 5.35. The average molecular weight is 414 g/mol. The molecule has 0 bridgehead atoms. The van der Waals surface area contributed by atoms with Gasteiger partial charge in [-0.2, -0.15) is 26.3 Å². The van der Waals surface area contributed by atoms with Crippen LogP contribution in [0.4, 0.5) is 26.3 Å². The van der Waals surface area contributed by atoms with Gasteiger partial charge in [-0.15, -0.1) is 0 Å². The second-order valence-electron chi connectivity index (χ2n) is 7.32. The predicted molar refractivity (Wildman–Crippen MR) is 97.3 cm³/mol. The van der Waals surface area contributed by atoms with Gasteiger partial charge in [0.05, 0.1) is 23.8 Å². The third-order valence-electron chi connectivity index (χ3n) is 5.26. The molecule has 1 nitrogen and oxygen atoms in total.